The summed E-state index contributed by atoms with van der Waals surface area (Å²) in [5.41, 5.74) is 0.766. The van der Waals surface area contributed by atoms with Crippen LogP contribution in [0.4, 0.5) is 10.2 Å². The normalized spacial score (nSPS) is 10.4. The lowest BCUT2D eigenvalue weighted by Crippen LogP contribution is -2.21. The molecule has 0 bridgehead atoms. The average Bonchev–Trinajstić information content (AvgIpc) is 2.74. The summed E-state index contributed by atoms with van der Waals surface area (Å²) >= 11 is 0. The van der Waals surface area contributed by atoms with Crippen LogP contribution in [0, 0.1) is 12.7 Å². The van der Waals surface area contributed by atoms with E-state index in [9.17, 15) is 14.0 Å². The number of carbonyl (C=O) groups excluding carboxylic acids is 2. The molecule has 1 amide bonds. The Morgan fingerprint density at radius 2 is 2.09 bits per heavy atom. The third kappa shape index (κ3) is 3.69. The molecular weight excluding hydrogens is 289 g/mol. The van der Waals surface area contributed by atoms with Gasteiger partial charge in [0.25, 0.3) is 5.91 Å². The Hall–Kier alpha value is -2.70. The van der Waals surface area contributed by atoms with E-state index >= 15 is 0 Å². The number of aryl methyl sites for hydroxylation is 2. The number of hydrogen-bond donors (Lipinski definition) is 1. The van der Waals surface area contributed by atoms with Crippen LogP contribution in [0.3, 0.4) is 0 Å². The first-order valence-corrected chi connectivity index (χ1v) is 6.60. The van der Waals surface area contributed by atoms with Crippen LogP contribution in [0.5, 0.6) is 5.75 Å². The van der Waals surface area contributed by atoms with Gasteiger partial charge in [0, 0.05) is 19.2 Å². The summed E-state index contributed by atoms with van der Waals surface area (Å²) in [7, 11) is 1.71. The van der Waals surface area contributed by atoms with Crippen molar-refractivity contribution in [1.29, 1.82) is 0 Å². The Kier molecular flexibility index (Phi) is 4.55. The van der Waals surface area contributed by atoms with E-state index in [1.807, 2.05) is 6.92 Å². The number of ketones is 1. The molecular formula is C15H16FN3O3. The van der Waals surface area contributed by atoms with Gasteiger partial charge in [-0.05, 0) is 26.0 Å². The highest BCUT2D eigenvalue weighted by Crippen LogP contribution is 2.17. The highest BCUT2D eigenvalue weighted by Gasteiger charge is 2.11. The monoisotopic (exact) mass is 305 g/mol. The van der Waals surface area contributed by atoms with Gasteiger partial charge in [-0.2, -0.15) is 5.10 Å². The first-order chi connectivity index (χ1) is 10.4. The Morgan fingerprint density at radius 1 is 1.36 bits per heavy atom. The second-order valence-corrected chi connectivity index (χ2v) is 4.83. The van der Waals surface area contributed by atoms with Crippen LogP contribution < -0.4 is 10.1 Å². The van der Waals surface area contributed by atoms with E-state index in [4.69, 9.17) is 4.74 Å². The summed E-state index contributed by atoms with van der Waals surface area (Å²) in [5.74, 6) is -0.705. The standard InChI is InChI=1S/C15H16FN3O3/c1-9-6-14(19(3)18-9)17-15(21)8-22-11-4-5-12(10(2)20)13(16)7-11/h4-7H,8H2,1-3H3,(H,17,21). The molecule has 1 aromatic carbocycles. The van der Waals surface area contributed by atoms with E-state index in [1.165, 1.54) is 23.7 Å². The van der Waals surface area contributed by atoms with Gasteiger partial charge in [0.1, 0.15) is 17.4 Å². The molecule has 116 valence electrons. The van der Waals surface area contributed by atoms with Gasteiger partial charge >= 0.3 is 0 Å². The molecule has 0 atom stereocenters. The minimum absolute atomic E-state index is 0.0119. The summed E-state index contributed by atoms with van der Waals surface area (Å²) in [6, 6.07) is 5.58. The van der Waals surface area contributed by atoms with Crippen molar-refractivity contribution in [3.8, 4) is 5.75 Å². The number of benzene rings is 1. The van der Waals surface area contributed by atoms with Crippen molar-refractivity contribution in [1.82, 2.24) is 9.78 Å². The molecule has 0 radical (unpaired) electrons. The molecule has 0 saturated heterocycles. The number of hydrogen-bond acceptors (Lipinski definition) is 4. The van der Waals surface area contributed by atoms with Crippen LogP contribution >= 0.6 is 0 Å². The van der Waals surface area contributed by atoms with Gasteiger partial charge in [-0.15, -0.1) is 0 Å². The number of ether oxygens (including phenoxy) is 1. The highest BCUT2D eigenvalue weighted by molar-refractivity contribution is 5.94. The first kappa shape index (κ1) is 15.7. The van der Waals surface area contributed by atoms with E-state index in [2.05, 4.69) is 10.4 Å². The molecule has 22 heavy (non-hydrogen) atoms. The summed E-state index contributed by atoms with van der Waals surface area (Å²) in [6.07, 6.45) is 0. The van der Waals surface area contributed by atoms with Gasteiger partial charge in [-0.1, -0.05) is 0 Å². The molecule has 0 fully saturated rings. The maximum Gasteiger partial charge on any atom is 0.263 e. The number of aromatic nitrogens is 2. The van der Waals surface area contributed by atoms with Gasteiger partial charge in [0.15, 0.2) is 12.4 Å². The summed E-state index contributed by atoms with van der Waals surface area (Å²) in [6.45, 7) is 2.82. The Balaban J connectivity index is 1.95. The molecule has 0 saturated carbocycles. The van der Waals surface area contributed by atoms with E-state index in [-0.39, 0.29) is 29.6 Å². The molecule has 0 unspecified atom stereocenters. The maximum atomic E-state index is 13.6. The smallest absolute Gasteiger partial charge is 0.263 e. The van der Waals surface area contributed by atoms with Gasteiger partial charge < -0.3 is 10.1 Å². The largest absolute Gasteiger partial charge is 0.484 e. The van der Waals surface area contributed by atoms with Gasteiger partial charge in [-0.3, -0.25) is 14.3 Å². The number of anilines is 1. The molecule has 0 aliphatic carbocycles. The van der Waals surface area contributed by atoms with E-state index in [0.717, 1.165) is 11.8 Å². The predicted molar refractivity (Wildman–Crippen MR) is 78.5 cm³/mol. The number of Topliss-reactive ketones (excluding diaryl/α,β-unsaturated/α-hetero) is 1. The van der Waals surface area contributed by atoms with Crippen molar-refractivity contribution in [2.45, 2.75) is 13.8 Å². The van der Waals surface area contributed by atoms with Crippen LogP contribution in [0.15, 0.2) is 24.3 Å². The summed E-state index contributed by atoms with van der Waals surface area (Å²) in [5, 5.41) is 6.73. The van der Waals surface area contributed by atoms with E-state index in [0.29, 0.717) is 5.82 Å². The minimum atomic E-state index is -0.673. The van der Waals surface area contributed by atoms with Gasteiger partial charge in [0.05, 0.1) is 11.3 Å². The third-order valence-corrected chi connectivity index (χ3v) is 2.96. The molecule has 0 aliphatic heterocycles. The molecule has 1 N–H and O–H groups in total. The number of nitrogens with one attached hydrogen (secondary N) is 1. The molecule has 7 heteroatoms. The van der Waals surface area contributed by atoms with Crippen LogP contribution in [0.2, 0.25) is 0 Å². The zero-order valence-corrected chi connectivity index (χ0v) is 12.5. The summed E-state index contributed by atoms with van der Waals surface area (Å²) < 4.78 is 20.4. The number of halogens is 1. The van der Waals surface area contributed by atoms with Crippen LogP contribution in [0.1, 0.15) is 23.0 Å². The lowest BCUT2D eigenvalue weighted by atomic mass is 10.1. The fourth-order valence-electron chi connectivity index (χ4n) is 1.93. The zero-order valence-electron chi connectivity index (χ0n) is 12.5. The fraction of sp³-hybridized carbons (Fsp3) is 0.267. The Bertz CT molecular complexity index is 725. The topological polar surface area (TPSA) is 73.2 Å². The summed E-state index contributed by atoms with van der Waals surface area (Å²) in [4.78, 5) is 22.9. The Labute approximate surface area is 126 Å². The minimum Gasteiger partial charge on any atom is -0.484 e. The molecule has 2 rings (SSSR count). The second kappa shape index (κ2) is 6.38. The first-order valence-electron chi connectivity index (χ1n) is 6.60. The number of rotatable bonds is 5. The van der Waals surface area contributed by atoms with Crippen molar-refractivity contribution < 1.29 is 18.7 Å². The van der Waals surface area contributed by atoms with Crippen molar-refractivity contribution in [3.05, 3.63) is 41.3 Å². The van der Waals surface area contributed by atoms with Crippen LogP contribution in [0.25, 0.3) is 0 Å². The maximum absolute atomic E-state index is 13.6. The highest BCUT2D eigenvalue weighted by atomic mass is 19.1. The number of nitrogens with zero attached hydrogens (tertiary/aromatic N) is 2. The lowest BCUT2D eigenvalue weighted by Gasteiger charge is -2.08. The lowest BCUT2D eigenvalue weighted by molar-refractivity contribution is -0.118. The average molecular weight is 305 g/mol. The van der Waals surface area contributed by atoms with Crippen LogP contribution in [-0.2, 0) is 11.8 Å². The predicted octanol–water partition coefficient (Wildman–Crippen LogP) is 2.09. The molecule has 2 aromatic rings. The third-order valence-electron chi connectivity index (χ3n) is 2.96. The molecule has 1 aromatic heterocycles. The van der Waals surface area contributed by atoms with Crippen molar-refractivity contribution in [2.75, 3.05) is 11.9 Å². The van der Waals surface area contributed by atoms with E-state index in [1.54, 1.807) is 13.1 Å². The van der Waals surface area contributed by atoms with Crippen LogP contribution in [-0.4, -0.2) is 28.1 Å². The van der Waals surface area contributed by atoms with Gasteiger partial charge in [0.2, 0.25) is 0 Å². The SMILES string of the molecule is CC(=O)c1ccc(OCC(=O)Nc2cc(C)nn2C)cc1F. The number of carbonyl (C=O) groups is 2. The van der Waals surface area contributed by atoms with E-state index < -0.39 is 5.82 Å². The number of amides is 1. The van der Waals surface area contributed by atoms with Crippen molar-refractivity contribution in [2.24, 2.45) is 7.05 Å². The molecule has 0 spiro atoms. The van der Waals surface area contributed by atoms with Crippen molar-refractivity contribution in [3.63, 3.8) is 0 Å². The van der Waals surface area contributed by atoms with Gasteiger partial charge in [-0.25, -0.2) is 4.39 Å². The molecule has 1 heterocycles. The zero-order chi connectivity index (χ0) is 16.3. The fourth-order valence-corrected chi connectivity index (χ4v) is 1.93. The quantitative estimate of drug-likeness (QED) is 0.858. The molecule has 6 nitrogen and oxygen atoms in total. The molecule has 0 aliphatic rings. The van der Waals surface area contributed by atoms with Crippen molar-refractivity contribution >= 4 is 17.5 Å². The second-order valence-electron chi connectivity index (χ2n) is 4.83. The Morgan fingerprint density at radius 3 is 2.64 bits per heavy atom.